The largest absolute Gasteiger partial charge is 0.469 e. The zero-order valence-corrected chi connectivity index (χ0v) is 13.9. The Labute approximate surface area is 141 Å². The van der Waals surface area contributed by atoms with E-state index in [0.29, 0.717) is 11.3 Å². The number of ether oxygens (including phenoxy) is 1. The number of nitrogen functional groups attached to an aromatic ring is 1. The predicted molar refractivity (Wildman–Crippen MR) is 82.8 cm³/mol. The maximum atomic E-state index is 12.2. The van der Waals surface area contributed by atoms with Gasteiger partial charge in [0.1, 0.15) is 23.0 Å². The van der Waals surface area contributed by atoms with Gasteiger partial charge in [-0.2, -0.15) is 4.98 Å². The van der Waals surface area contributed by atoms with Gasteiger partial charge in [0.05, 0.1) is 6.61 Å². The van der Waals surface area contributed by atoms with E-state index in [0.717, 1.165) is 4.57 Å². The monoisotopic (exact) mass is 396 g/mol. The Morgan fingerprint density at radius 2 is 2.04 bits per heavy atom. The van der Waals surface area contributed by atoms with Crippen molar-refractivity contribution in [3.8, 4) is 0 Å². The standard InChI is InChI=1S/C10H13N4O9PS/c11-9-12-6-5(7(17)13-9)25-10(18)14(6)8-4(16)3(15)2(23-8)1-22-24(19,20)21/h2-4,8,15-16H,1H2,(H2,19,20,21)(H3,11,12,13,17)/t2-,3-,4-,8?/m1/s1. The fourth-order valence-corrected chi connectivity index (χ4v) is 3.60. The molecule has 1 aliphatic heterocycles. The highest BCUT2D eigenvalue weighted by molar-refractivity contribution is 7.46. The van der Waals surface area contributed by atoms with E-state index in [9.17, 15) is 24.4 Å². The zero-order chi connectivity index (χ0) is 18.5. The SMILES string of the molecule is Nc1nc2c(sc(=O)n2C2O[C@H](COP(=O)(O)O)[C@@H](O)[C@H]2O)c(=O)[nH]1. The number of anilines is 1. The number of nitrogens with one attached hydrogen (secondary N) is 1. The summed E-state index contributed by atoms with van der Waals surface area (Å²) in [7, 11) is -4.82. The van der Waals surface area contributed by atoms with Crippen LogP contribution in [0.15, 0.2) is 9.59 Å². The number of aliphatic hydroxyl groups excluding tert-OH is 2. The molecule has 1 aliphatic rings. The van der Waals surface area contributed by atoms with E-state index in [2.05, 4.69) is 14.5 Å². The van der Waals surface area contributed by atoms with Crippen LogP contribution in [0.1, 0.15) is 6.23 Å². The van der Waals surface area contributed by atoms with Gasteiger partial charge in [0.15, 0.2) is 11.9 Å². The first-order chi connectivity index (χ1) is 11.6. The van der Waals surface area contributed by atoms with Gasteiger partial charge in [-0.1, -0.05) is 11.3 Å². The average molecular weight is 396 g/mol. The average Bonchev–Trinajstić information content (AvgIpc) is 2.95. The van der Waals surface area contributed by atoms with Crippen LogP contribution in [0.25, 0.3) is 10.3 Å². The van der Waals surface area contributed by atoms with E-state index in [1.807, 2.05) is 0 Å². The highest BCUT2D eigenvalue weighted by Crippen LogP contribution is 2.38. The van der Waals surface area contributed by atoms with Gasteiger partial charge in [0, 0.05) is 0 Å². The van der Waals surface area contributed by atoms with Crippen LogP contribution in [0, 0.1) is 0 Å². The molecule has 0 spiro atoms. The number of phosphoric ester groups is 1. The van der Waals surface area contributed by atoms with Gasteiger partial charge in [-0.15, -0.1) is 0 Å². The lowest BCUT2D eigenvalue weighted by atomic mass is 10.1. The molecule has 138 valence electrons. The van der Waals surface area contributed by atoms with Crippen LogP contribution in [-0.4, -0.2) is 59.5 Å². The Hall–Kier alpha value is -1.64. The number of aromatic amines is 1. The number of H-pyrrole nitrogens is 1. The molecule has 0 saturated carbocycles. The van der Waals surface area contributed by atoms with Crippen molar-refractivity contribution in [1.29, 1.82) is 0 Å². The molecule has 3 rings (SSSR count). The van der Waals surface area contributed by atoms with Crippen LogP contribution >= 0.6 is 19.2 Å². The smallest absolute Gasteiger partial charge is 0.387 e. The molecule has 7 N–H and O–H groups in total. The Bertz CT molecular complexity index is 963. The summed E-state index contributed by atoms with van der Waals surface area (Å²) in [4.78, 5) is 46.8. The van der Waals surface area contributed by atoms with Crippen molar-refractivity contribution in [3.63, 3.8) is 0 Å². The number of hydrogen-bond acceptors (Lipinski definition) is 10. The molecule has 0 amide bonds. The van der Waals surface area contributed by atoms with Crippen molar-refractivity contribution in [1.82, 2.24) is 14.5 Å². The number of nitrogens with two attached hydrogens (primary N) is 1. The van der Waals surface area contributed by atoms with Gasteiger partial charge in [-0.25, -0.2) is 4.57 Å². The maximum absolute atomic E-state index is 12.2. The van der Waals surface area contributed by atoms with Gasteiger partial charge in [-0.3, -0.25) is 23.7 Å². The normalized spacial score (nSPS) is 27.2. The molecule has 13 nitrogen and oxygen atoms in total. The number of nitrogens with zero attached hydrogens (tertiary/aromatic N) is 2. The second kappa shape index (κ2) is 6.26. The summed E-state index contributed by atoms with van der Waals surface area (Å²) < 4.78 is 21.1. The summed E-state index contributed by atoms with van der Waals surface area (Å²) >= 11 is 0.540. The summed E-state index contributed by atoms with van der Waals surface area (Å²) in [6.07, 6.45) is -6.01. The predicted octanol–water partition coefficient (Wildman–Crippen LogP) is -2.54. The van der Waals surface area contributed by atoms with E-state index in [4.69, 9.17) is 20.3 Å². The molecule has 1 unspecified atom stereocenters. The molecular formula is C10H13N4O9PS. The summed E-state index contributed by atoms with van der Waals surface area (Å²) in [6.45, 7) is -0.730. The topological polar surface area (TPSA) is 210 Å². The third-order valence-electron chi connectivity index (χ3n) is 3.49. The van der Waals surface area contributed by atoms with Crippen LogP contribution in [0.2, 0.25) is 0 Å². The van der Waals surface area contributed by atoms with Crippen molar-refractivity contribution in [2.45, 2.75) is 24.5 Å². The number of aromatic nitrogens is 3. The van der Waals surface area contributed by atoms with Crippen LogP contribution in [0.5, 0.6) is 0 Å². The molecule has 3 heterocycles. The molecule has 0 bridgehead atoms. The Balaban J connectivity index is 1.98. The molecule has 2 aromatic rings. The van der Waals surface area contributed by atoms with Crippen molar-refractivity contribution in [2.24, 2.45) is 0 Å². The van der Waals surface area contributed by atoms with Gasteiger partial charge in [0.25, 0.3) is 5.56 Å². The first kappa shape index (κ1) is 18.2. The van der Waals surface area contributed by atoms with Crippen molar-refractivity contribution in [3.05, 3.63) is 20.0 Å². The number of hydrogen-bond donors (Lipinski definition) is 6. The Morgan fingerprint density at radius 3 is 2.68 bits per heavy atom. The van der Waals surface area contributed by atoms with Gasteiger partial charge < -0.3 is 30.5 Å². The molecular weight excluding hydrogens is 383 g/mol. The van der Waals surface area contributed by atoms with E-state index in [1.165, 1.54) is 0 Å². The molecule has 4 atom stereocenters. The number of fused-ring (bicyclic) bond motifs is 1. The van der Waals surface area contributed by atoms with Crippen LogP contribution in [0.3, 0.4) is 0 Å². The van der Waals surface area contributed by atoms with Gasteiger partial charge >= 0.3 is 12.7 Å². The first-order valence-corrected chi connectivity index (χ1v) is 9.05. The second-order valence-electron chi connectivity index (χ2n) is 5.17. The van der Waals surface area contributed by atoms with Crippen molar-refractivity contribution < 1.29 is 33.8 Å². The molecule has 25 heavy (non-hydrogen) atoms. The Morgan fingerprint density at radius 1 is 1.36 bits per heavy atom. The lowest BCUT2D eigenvalue weighted by Crippen LogP contribution is -2.34. The minimum Gasteiger partial charge on any atom is -0.387 e. The first-order valence-electron chi connectivity index (χ1n) is 6.71. The third-order valence-corrected chi connectivity index (χ3v) is 4.92. The summed E-state index contributed by atoms with van der Waals surface area (Å²) in [5.74, 6) is -0.265. The zero-order valence-electron chi connectivity index (χ0n) is 12.2. The van der Waals surface area contributed by atoms with Crippen molar-refractivity contribution >= 4 is 35.5 Å². The molecule has 15 heteroatoms. The van der Waals surface area contributed by atoms with Crippen LogP contribution < -0.4 is 16.2 Å². The Kier molecular flexibility index (Phi) is 4.55. The van der Waals surface area contributed by atoms with E-state index in [1.54, 1.807) is 0 Å². The van der Waals surface area contributed by atoms with Gasteiger partial charge in [-0.05, 0) is 0 Å². The highest BCUT2D eigenvalue weighted by Gasteiger charge is 2.46. The second-order valence-corrected chi connectivity index (χ2v) is 7.38. The molecule has 0 aromatic carbocycles. The quantitative estimate of drug-likeness (QED) is 0.296. The minimum absolute atomic E-state index is 0.0561. The maximum Gasteiger partial charge on any atom is 0.469 e. The lowest BCUT2D eigenvalue weighted by molar-refractivity contribution is -0.0511. The molecule has 1 fully saturated rings. The van der Waals surface area contributed by atoms with Crippen LogP contribution in [0.4, 0.5) is 5.95 Å². The minimum atomic E-state index is -4.82. The number of thiazole rings is 1. The van der Waals surface area contributed by atoms with E-state index >= 15 is 0 Å². The number of aliphatic hydroxyl groups is 2. The molecule has 2 aromatic heterocycles. The molecule has 1 saturated heterocycles. The van der Waals surface area contributed by atoms with Crippen LogP contribution in [-0.2, 0) is 13.8 Å². The van der Waals surface area contributed by atoms with E-state index < -0.39 is 49.4 Å². The number of rotatable bonds is 4. The van der Waals surface area contributed by atoms with E-state index in [-0.39, 0.29) is 16.3 Å². The fourth-order valence-electron chi connectivity index (χ4n) is 2.42. The molecule has 0 aliphatic carbocycles. The summed E-state index contributed by atoms with van der Waals surface area (Å²) in [5, 5.41) is 20.1. The lowest BCUT2D eigenvalue weighted by Gasteiger charge is -2.16. The molecule has 0 radical (unpaired) electrons. The van der Waals surface area contributed by atoms with Crippen molar-refractivity contribution in [2.75, 3.05) is 12.3 Å². The summed E-state index contributed by atoms with van der Waals surface area (Å²) in [6, 6.07) is 0. The third kappa shape index (κ3) is 3.38. The fraction of sp³-hybridized carbons (Fsp3) is 0.500. The number of phosphoric acid groups is 1. The highest BCUT2D eigenvalue weighted by atomic mass is 32.1. The summed E-state index contributed by atoms with van der Waals surface area (Å²) in [5.41, 5.74) is 4.65. The van der Waals surface area contributed by atoms with Gasteiger partial charge in [0.2, 0.25) is 5.95 Å².